The van der Waals surface area contributed by atoms with Gasteiger partial charge in [0.05, 0.1) is 48.7 Å². The zero-order chi connectivity index (χ0) is 35.2. The van der Waals surface area contributed by atoms with Crippen LogP contribution in [-0.2, 0) is 32.1 Å². The molecule has 0 aliphatic heterocycles. The second-order valence-electron chi connectivity index (χ2n) is 10.1. The van der Waals surface area contributed by atoms with E-state index in [0.29, 0.717) is 0 Å². The fourth-order valence-electron chi connectivity index (χ4n) is 3.47. The van der Waals surface area contributed by atoms with Gasteiger partial charge in [0.15, 0.2) is 0 Å². The molecule has 4 aromatic heterocycles. The third kappa shape index (κ3) is 14.9. The van der Waals surface area contributed by atoms with Crippen LogP contribution in [0, 0.1) is 0 Å². The third-order valence-corrected chi connectivity index (χ3v) is 8.88. The number of nitrogens with zero attached hydrogens (tertiary/aromatic N) is 8. The monoisotopic (exact) mass is 914 g/mol. The Morgan fingerprint density at radius 2 is 0.820 bits per heavy atom. The molecule has 0 radical (unpaired) electrons. The average Bonchev–Trinajstić information content (AvgIpc) is 3.79. The molecule has 0 saturated heterocycles. The SMILES string of the molecule is C[PH+](C)c1ccccc1.C[PH+](C)c1ccccc1.FC(F)(F)c1n[n-]c(-c2ccccn2)n1.FC(F)(F)c1n[n-]c(-c2ccccn2)n1.O.[Os+2]. The topological polar surface area (TPSA) is 137 Å². The van der Waals surface area contributed by atoms with Crippen LogP contribution in [0.3, 0.4) is 0 Å². The van der Waals surface area contributed by atoms with Crippen molar-refractivity contribution < 1.29 is 51.6 Å². The molecule has 0 fully saturated rings. The van der Waals surface area contributed by atoms with Crippen molar-refractivity contribution in [2.75, 3.05) is 26.7 Å². The molecule has 0 aliphatic carbocycles. The molecule has 266 valence electrons. The van der Waals surface area contributed by atoms with Crippen molar-refractivity contribution in [1.29, 1.82) is 0 Å². The van der Waals surface area contributed by atoms with E-state index in [9.17, 15) is 26.3 Å². The molecule has 0 atom stereocenters. The zero-order valence-electron chi connectivity index (χ0n) is 27.1. The van der Waals surface area contributed by atoms with E-state index in [0.717, 1.165) is 0 Å². The van der Waals surface area contributed by atoms with E-state index < -0.39 is 24.0 Å². The summed E-state index contributed by atoms with van der Waals surface area (Å²) in [5.41, 5.74) is 0.529. The van der Waals surface area contributed by atoms with Crippen LogP contribution in [0.25, 0.3) is 23.0 Å². The Kier molecular flexibility index (Phi) is 18.8. The Hall–Kier alpha value is -3.94. The minimum absolute atomic E-state index is 0. The molecule has 0 saturated carbocycles. The fourth-order valence-corrected chi connectivity index (χ4v) is 5.19. The summed E-state index contributed by atoms with van der Waals surface area (Å²) in [4.78, 5) is 14.1. The number of benzene rings is 2. The molecule has 50 heavy (non-hydrogen) atoms. The van der Waals surface area contributed by atoms with Crippen molar-refractivity contribution >= 4 is 26.5 Å². The number of pyridine rings is 2. The second-order valence-corrected chi connectivity index (χ2v) is 15.2. The van der Waals surface area contributed by atoms with Gasteiger partial charge in [-0.3, -0.25) is 20.2 Å². The predicted octanol–water partition coefficient (Wildman–Crippen LogP) is 5.77. The van der Waals surface area contributed by atoms with Crippen molar-refractivity contribution in [3.63, 3.8) is 0 Å². The van der Waals surface area contributed by atoms with Gasteiger partial charge in [-0.2, -0.15) is 26.3 Å². The first kappa shape index (κ1) is 44.1. The van der Waals surface area contributed by atoms with Gasteiger partial charge >= 0.3 is 32.1 Å². The van der Waals surface area contributed by atoms with Gasteiger partial charge in [0.25, 0.3) is 0 Å². The van der Waals surface area contributed by atoms with Crippen molar-refractivity contribution in [3.8, 4) is 23.0 Å². The largest absolute Gasteiger partial charge is 2.00 e. The van der Waals surface area contributed by atoms with Gasteiger partial charge in [-0.05, 0) is 60.2 Å². The molecule has 0 amide bonds. The van der Waals surface area contributed by atoms with Gasteiger partial charge in [0, 0.05) is 28.2 Å². The van der Waals surface area contributed by atoms with Crippen molar-refractivity contribution in [2.24, 2.45) is 0 Å². The third-order valence-electron chi connectivity index (χ3n) is 5.90. The van der Waals surface area contributed by atoms with Crippen LogP contribution in [0.5, 0.6) is 0 Å². The molecule has 4 heterocycles. The molecular formula is C32H34F6N8OOsP2+2. The van der Waals surface area contributed by atoms with E-state index in [1.807, 2.05) is 0 Å². The summed E-state index contributed by atoms with van der Waals surface area (Å²) in [5, 5.41) is 15.5. The second kappa shape index (κ2) is 21.3. The van der Waals surface area contributed by atoms with Gasteiger partial charge in [-0.1, -0.05) is 48.5 Å². The number of hydrogen-bond donors (Lipinski definition) is 0. The smallest absolute Gasteiger partial charge is 0.413 e. The van der Waals surface area contributed by atoms with E-state index in [2.05, 4.69) is 128 Å². The Balaban J connectivity index is 0.000000338. The van der Waals surface area contributed by atoms with E-state index >= 15 is 0 Å². The Bertz CT molecular complexity index is 1630. The molecule has 18 heteroatoms. The first-order valence-electron chi connectivity index (χ1n) is 14.2. The molecule has 2 aromatic carbocycles. The fraction of sp³-hybridized carbons (Fsp3) is 0.188. The Labute approximate surface area is 300 Å². The summed E-state index contributed by atoms with van der Waals surface area (Å²) in [5.74, 6) is -2.74. The first-order valence-corrected chi connectivity index (χ1v) is 19.2. The van der Waals surface area contributed by atoms with E-state index in [4.69, 9.17) is 0 Å². The van der Waals surface area contributed by atoms with Crippen molar-refractivity contribution in [2.45, 2.75) is 12.4 Å². The number of hydrogen-bond acceptors (Lipinski definition) is 6. The number of aromatic nitrogens is 8. The summed E-state index contributed by atoms with van der Waals surface area (Å²) in [6.45, 7) is 9.22. The maximum atomic E-state index is 12.1. The van der Waals surface area contributed by atoms with Gasteiger partial charge in [-0.25, -0.2) is 0 Å². The maximum Gasteiger partial charge on any atom is 2.00 e. The summed E-state index contributed by atoms with van der Waals surface area (Å²) in [6, 6.07) is 30.9. The van der Waals surface area contributed by atoms with Crippen LogP contribution in [0.15, 0.2) is 109 Å². The molecule has 6 aromatic rings. The zero-order valence-corrected chi connectivity index (χ0v) is 31.6. The normalized spacial score (nSPS) is 10.6. The van der Waals surface area contributed by atoms with Crippen LogP contribution < -0.4 is 20.8 Å². The summed E-state index contributed by atoms with van der Waals surface area (Å²) in [7, 11) is -0.424. The molecule has 0 bridgehead atoms. The van der Waals surface area contributed by atoms with Crippen LogP contribution >= 0.6 is 15.8 Å². The number of alkyl halides is 6. The Morgan fingerprint density at radius 3 is 1.04 bits per heavy atom. The van der Waals surface area contributed by atoms with Gasteiger partial charge in [0.1, 0.15) is 11.6 Å². The van der Waals surface area contributed by atoms with Gasteiger partial charge in [0.2, 0.25) is 0 Å². The molecule has 0 aliphatic rings. The van der Waals surface area contributed by atoms with E-state index in [1.165, 1.54) is 35.1 Å². The van der Waals surface area contributed by atoms with Crippen LogP contribution in [0.1, 0.15) is 11.6 Å². The summed E-state index contributed by atoms with van der Waals surface area (Å²) >= 11 is 0. The number of halogens is 6. The van der Waals surface area contributed by atoms with Crippen molar-refractivity contribution in [3.05, 3.63) is 121 Å². The van der Waals surface area contributed by atoms with E-state index in [1.54, 1.807) is 24.3 Å². The molecule has 6 rings (SSSR count). The van der Waals surface area contributed by atoms with Crippen LogP contribution in [0.4, 0.5) is 26.3 Å². The summed E-state index contributed by atoms with van der Waals surface area (Å²) in [6.07, 6.45) is -6.25. The minimum Gasteiger partial charge on any atom is -0.413 e. The first-order chi connectivity index (χ1) is 22.8. The number of rotatable bonds is 4. The van der Waals surface area contributed by atoms with Crippen LogP contribution in [0.2, 0.25) is 0 Å². The quantitative estimate of drug-likeness (QED) is 0.161. The van der Waals surface area contributed by atoms with E-state index in [-0.39, 0.29) is 64.1 Å². The maximum absolute atomic E-state index is 12.1. The standard InChI is InChI=1S/2C8H4F3N4.2C8H11P.H2O.Os/c2*9-8(10,11)7-13-6(14-15-7)5-3-1-2-4-12-5;2*1-9(2)8-6-4-3-5-7-8;;/h2*1-4H;2*3-7H,1-2H3;1H2;/q2*-1;;;;+2/p+2. The minimum atomic E-state index is -4.57. The molecule has 2 N–H and O–H groups in total. The van der Waals surface area contributed by atoms with Gasteiger partial charge in [-0.15, -0.1) is 0 Å². The predicted molar refractivity (Wildman–Crippen MR) is 183 cm³/mol. The van der Waals surface area contributed by atoms with Gasteiger partial charge < -0.3 is 25.6 Å². The average molecular weight is 913 g/mol. The molecule has 9 nitrogen and oxygen atoms in total. The molecular weight excluding hydrogens is 879 g/mol. The van der Waals surface area contributed by atoms with Crippen molar-refractivity contribution in [1.82, 2.24) is 40.3 Å². The molecule has 0 spiro atoms. The summed E-state index contributed by atoms with van der Waals surface area (Å²) < 4.78 is 72.8. The Morgan fingerprint density at radius 1 is 0.500 bits per heavy atom. The molecule has 0 unspecified atom stereocenters. The van der Waals surface area contributed by atoms with Crippen LogP contribution in [-0.4, -0.2) is 62.3 Å².